The number of fused-ring (bicyclic) bond motifs is 3. The lowest BCUT2D eigenvalue weighted by Crippen LogP contribution is -2.48. The highest BCUT2D eigenvalue weighted by Gasteiger charge is 2.49. The van der Waals surface area contributed by atoms with Gasteiger partial charge in [0.05, 0.1) is 0 Å². The molecule has 2 aliphatic heterocycles. The van der Waals surface area contributed by atoms with Crippen molar-refractivity contribution in [3.8, 4) is 0 Å². The maximum Gasteiger partial charge on any atom is 0.410 e. The number of piperidine rings is 1. The van der Waals surface area contributed by atoms with Crippen molar-refractivity contribution in [2.45, 2.75) is 96.7 Å². The maximum absolute atomic E-state index is 12.9. The average molecular weight is 526 g/mol. The zero-order valence-electron chi connectivity index (χ0n) is 23.0. The fraction of sp³-hybridized carbons (Fsp3) is 0.621. The smallest absolute Gasteiger partial charge is 0.410 e. The van der Waals surface area contributed by atoms with E-state index < -0.39 is 5.60 Å². The van der Waals surface area contributed by atoms with Crippen molar-refractivity contribution < 1.29 is 9.53 Å². The van der Waals surface area contributed by atoms with Crippen LogP contribution in [0.3, 0.4) is 0 Å². The third kappa shape index (κ3) is 4.92. The van der Waals surface area contributed by atoms with Crippen molar-refractivity contribution in [2.75, 3.05) is 24.5 Å². The largest absolute Gasteiger partial charge is 0.444 e. The Hall–Kier alpha value is -2.38. The number of hydrogen-bond donors (Lipinski definition) is 1. The van der Waals surface area contributed by atoms with Crippen molar-refractivity contribution in [2.24, 2.45) is 0 Å². The van der Waals surface area contributed by atoms with Gasteiger partial charge in [-0.1, -0.05) is 32.4 Å². The average Bonchev–Trinajstić information content (AvgIpc) is 3.36. The molecular formula is C29H40ClN5O2. The molecule has 37 heavy (non-hydrogen) atoms. The summed E-state index contributed by atoms with van der Waals surface area (Å²) in [6, 6.07) is 4.55. The number of aromatic nitrogens is 2. The molecule has 1 amide bonds. The molecule has 200 valence electrons. The molecule has 8 heteroatoms. The second kappa shape index (κ2) is 9.73. The quantitative estimate of drug-likeness (QED) is 0.520. The van der Waals surface area contributed by atoms with Gasteiger partial charge in [-0.05, 0) is 75.6 Å². The predicted molar refractivity (Wildman–Crippen MR) is 148 cm³/mol. The van der Waals surface area contributed by atoms with Crippen LogP contribution in [-0.2, 0) is 23.1 Å². The molecule has 3 heterocycles. The Labute approximate surface area is 225 Å². The first-order valence-corrected chi connectivity index (χ1v) is 14.0. The molecule has 5 rings (SSSR count). The molecule has 1 N–H and O–H groups in total. The first-order valence-electron chi connectivity index (χ1n) is 13.6. The minimum atomic E-state index is -0.504. The molecule has 1 atom stereocenters. The summed E-state index contributed by atoms with van der Waals surface area (Å²) in [7, 11) is 0. The molecule has 1 aromatic heterocycles. The van der Waals surface area contributed by atoms with Gasteiger partial charge in [0.1, 0.15) is 17.7 Å². The predicted octanol–water partition coefficient (Wildman–Crippen LogP) is 6.10. The lowest BCUT2D eigenvalue weighted by molar-refractivity contribution is 0.0170. The first-order chi connectivity index (χ1) is 17.5. The van der Waals surface area contributed by atoms with E-state index in [1.807, 2.05) is 31.7 Å². The summed E-state index contributed by atoms with van der Waals surface area (Å²) in [6.07, 6.45) is 5.32. The Bertz CT molecular complexity index is 1180. The fourth-order valence-corrected chi connectivity index (χ4v) is 6.48. The van der Waals surface area contributed by atoms with E-state index in [4.69, 9.17) is 21.3 Å². The van der Waals surface area contributed by atoms with Crippen LogP contribution in [0.2, 0.25) is 5.02 Å². The second-order valence-electron chi connectivity index (χ2n) is 12.3. The number of rotatable bonds is 4. The molecule has 1 unspecified atom stereocenters. The third-order valence-electron chi connectivity index (χ3n) is 8.08. The number of anilines is 2. The molecule has 3 aliphatic rings. The summed E-state index contributed by atoms with van der Waals surface area (Å²) in [5.41, 5.74) is 5.51. The Balaban J connectivity index is 1.55. The van der Waals surface area contributed by atoms with Crippen LogP contribution in [0, 0.1) is 0 Å². The van der Waals surface area contributed by atoms with E-state index in [-0.39, 0.29) is 11.5 Å². The van der Waals surface area contributed by atoms with Crippen molar-refractivity contribution >= 4 is 29.2 Å². The highest BCUT2D eigenvalue weighted by Crippen LogP contribution is 2.53. The first kappa shape index (κ1) is 26.2. The maximum atomic E-state index is 12.9. The normalized spacial score (nSPS) is 20.5. The highest BCUT2D eigenvalue weighted by molar-refractivity contribution is 6.31. The number of nitrogens with zero attached hydrogens (tertiary/aromatic N) is 4. The molecule has 1 fully saturated rings. The lowest BCUT2D eigenvalue weighted by Gasteiger charge is -2.41. The van der Waals surface area contributed by atoms with Gasteiger partial charge >= 0.3 is 6.09 Å². The Morgan fingerprint density at radius 2 is 1.97 bits per heavy atom. The van der Waals surface area contributed by atoms with Crippen LogP contribution in [-0.4, -0.2) is 52.2 Å². The minimum Gasteiger partial charge on any atom is -0.444 e. The number of ether oxygens (including phenoxy) is 1. The van der Waals surface area contributed by atoms with Gasteiger partial charge in [0.15, 0.2) is 0 Å². The van der Waals surface area contributed by atoms with Crippen LogP contribution in [0.15, 0.2) is 18.5 Å². The van der Waals surface area contributed by atoms with E-state index in [1.54, 1.807) is 6.33 Å². The van der Waals surface area contributed by atoms with Gasteiger partial charge in [0, 0.05) is 59.6 Å². The number of amides is 1. The molecule has 2 aromatic rings. The van der Waals surface area contributed by atoms with Gasteiger partial charge in [-0.25, -0.2) is 14.8 Å². The molecule has 0 saturated carbocycles. The Morgan fingerprint density at radius 1 is 1.24 bits per heavy atom. The summed E-state index contributed by atoms with van der Waals surface area (Å²) < 4.78 is 5.69. The summed E-state index contributed by atoms with van der Waals surface area (Å²) in [5.74, 6) is 1.47. The van der Waals surface area contributed by atoms with Crippen LogP contribution in [0.1, 0.15) is 89.1 Å². The lowest BCUT2D eigenvalue weighted by atomic mass is 9.72. The number of aryl methyl sites for hydroxylation is 1. The number of hydrogen-bond acceptors (Lipinski definition) is 6. The van der Waals surface area contributed by atoms with E-state index in [0.29, 0.717) is 31.6 Å². The van der Waals surface area contributed by atoms with Gasteiger partial charge in [-0.3, -0.25) is 0 Å². The summed E-state index contributed by atoms with van der Waals surface area (Å²) >= 11 is 6.89. The van der Waals surface area contributed by atoms with Gasteiger partial charge < -0.3 is 19.9 Å². The molecular weight excluding hydrogens is 486 g/mol. The van der Waals surface area contributed by atoms with Gasteiger partial charge in [0.25, 0.3) is 0 Å². The number of halogens is 1. The topological polar surface area (TPSA) is 70.6 Å². The molecule has 1 aromatic carbocycles. The van der Waals surface area contributed by atoms with E-state index in [9.17, 15) is 4.79 Å². The Morgan fingerprint density at radius 3 is 2.65 bits per heavy atom. The molecule has 1 saturated heterocycles. The standard InChI is InChI=1S/C29H40ClN5O2/c1-18(2)31-15-20-21(30)8-10-23-25(20)29(11-13-34(14-12-29)27(36)37-28(4,5)6)16-35(23)26-24-19(3)7-9-22(24)32-17-33-26/h8,10,17-19,31H,7,9,11-16H2,1-6H3. The van der Waals surface area contributed by atoms with Crippen LogP contribution in [0.4, 0.5) is 16.3 Å². The Kier molecular flexibility index (Phi) is 6.90. The van der Waals surface area contributed by atoms with Crippen LogP contribution in [0.25, 0.3) is 0 Å². The number of likely N-dealkylation sites (tertiary alicyclic amines) is 1. The van der Waals surface area contributed by atoms with Crippen molar-refractivity contribution in [1.82, 2.24) is 20.2 Å². The minimum absolute atomic E-state index is 0.119. The molecule has 0 radical (unpaired) electrons. The van der Waals surface area contributed by atoms with E-state index in [0.717, 1.165) is 43.1 Å². The number of nitrogens with one attached hydrogen (secondary N) is 1. The van der Waals surface area contributed by atoms with Crippen molar-refractivity contribution in [3.63, 3.8) is 0 Å². The number of benzene rings is 1. The summed E-state index contributed by atoms with van der Waals surface area (Å²) in [5, 5.41) is 4.39. The van der Waals surface area contributed by atoms with Crippen LogP contribution < -0.4 is 10.2 Å². The number of carbonyl (C=O) groups is 1. The zero-order valence-corrected chi connectivity index (χ0v) is 23.8. The van der Waals surface area contributed by atoms with E-state index >= 15 is 0 Å². The van der Waals surface area contributed by atoms with E-state index in [2.05, 4.69) is 42.0 Å². The molecule has 1 aliphatic carbocycles. The molecule has 7 nitrogen and oxygen atoms in total. The van der Waals surface area contributed by atoms with E-state index in [1.165, 1.54) is 28.1 Å². The third-order valence-corrected chi connectivity index (χ3v) is 8.44. The van der Waals surface area contributed by atoms with Crippen molar-refractivity contribution in [1.29, 1.82) is 0 Å². The van der Waals surface area contributed by atoms with Gasteiger partial charge in [-0.15, -0.1) is 0 Å². The SMILES string of the molecule is CC(C)NCc1c(Cl)ccc2c1C1(CCN(C(=O)OC(C)(C)C)CC1)CN2c1ncnc2c1C(C)CC2. The van der Waals surface area contributed by atoms with Crippen LogP contribution >= 0.6 is 11.6 Å². The number of carbonyl (C=O) groups excluding carboxylic acids is 1. The summed E-state index contributed by atoms with van der Waals surface area (Å²) in [6.45, 7) is 15.2. The van der Waals surface area contributed by atoms with Gasteiger partial charge in [0.2, 0.25) is 0 Å². The summed E-state index contributed by atoms with van der Waals surface area (Å²) in [4.78, 5) is 26.6. The van der Waals surface area contributed by atoms with Crippen molar-refractivity contribution in [3.05, 3.63) is 45.9 Å². The second-order valence-corrected chi connectivity index (χ2v) is 12.7. The molecule has 0 bridgehead atoms. The molecule has 1 spiro atoms. The monoisotopic (exact) mass is 525 g/mol. The fourth-order valence-electron chi connectivity index (χ4n) is 6.25. The highest BCUT2D eigenvalue weighted by atomic mass is 35.5. The zero-order chi connectivity index (χ0) is 26.5. The van der Waals surface area contributed by atoms with Crippen LogP contribution in [0.5, 0.6) is 0 Å². The van der Waals surface area contributed by atoms with Gasteiger partial charge in [-0.2, -0.15) is 0 Å².